The maximum absolute atomic E-state index is 10.0. The largest absolute Gasteiger partial charge is 0.352 e. The first-order chi connectivity index (χ1) is 6.04. The second-order valence-corrected chi connectivity index (χ2v) is 2.00. The van der Waals surface area contributed by atoms with Gasteiger partial charge in [-0.2, -0.15) is 0 Å². The highest BCUT2D eigenvalue weighted by atomic mass is 16.6. The smallest absolute Gasteiger partial charge is 0.309 e. The number of rotatable bonds is 1. The van der Waals surface area contributed by atoms with Gasteiger partial charge in [-0.15, -0.1) is 0 Å². The number of nitro benzene ring substituents is 1. The number of hydrogen-bond acceptors (Lipinski definition) is 3. The first-order valence-corrected chi connectivity index (χ1v) is 3.28. The number of non-ortho nitro benzene ring substituents is 1. The van der Waals surface area contributed by atoms with E-state index in [1.807, 2.05) is 0 Å². The number of para-hydroxylation sites is 1. The Balaban J connectivity index is 0.000000310. The van der Waals surface area contributed by atoms with Crippen molar-refractivity contribution in [1.29, 1.82) is 0 Å². The van der Waals surface area contributed by atoms with Gasteiger partial charge in [-0.05, 0) is 0 Å². The Morgan fingerprint density at radius 3 is 1.85 bits per heavy atom. The molecule has 0 aromatic heterocycles. The fourth-order valence-electron chi connectivity index (χ4n) is 0.550. The third-order valence-electron chi connectivity index (χ3n) is 0.967. The van der Waals surface area contributed by atoms with Crippen LogP contribution >= 0.6 is 0 Å². The molecule has 4 N–H and O–H groups in total. The van der Waals surface area contributed by atoms with Crippen molar-refractivity contribution in [2.24, 2.45) is 11.5 Å². The highest BCUT2D eigenvalue weighted by Crippen LogP contribution is 2.06. The molecule has 0 fully saturated rings. The molecule has 0 aliphatic carbocycles. The van der Waals surface area contributed by atoms with E-state index in [-0.39, 0.29) is 5.69 Å². The molecule has 0 atom stereocenters. The van der Waals surface area contributed by atoms with Crippen molar-refractivity contribution in [3.05, 3.63) is 40.4 Å². The van der Waals surface area contributed by atoms with Gasteiger partial charge in [0.1, 0.15) is 0 Å². The number of carbonyl (C=O) groups excluding carboxylic acids is 1. The van der Waals surface area contributed by atoms with Crippen LogP contribution in [0.3, 0.4) is 0 Å². The molecule has 0 heterocycles. The molecule has 0 spiro atoms. The minimum atomic E-state index is -0.833. The molecule has 0 saturated carbocycles. The Morgan fingerprint density at radius 2 is 1.62 bits per heavy atom. The van der Waals surface area contributed by atoms with E-state index in [1.54, 1.807) is 18.2 Å². The minimum Gasteiger partial charge on any atom is -0.352 e. The average molecular weight is 183 g/mol. The summed E-state index contributed by atoms with van der Waals surface area (Å²) >= 11 is 0. The molecular formula is C7H9N3O3. The summed E-state index contributed by atoms with van der Waals surface area (Å²) in [4.78, 5) is 18.6. The summed E-state index contributed by atoms with van der Waals surface area (Å²) in [5.74, 6) is 0. The third-order valence-corrected chi connectivity index (χ3v) is 0.967. The fourth-order valence-corrected chi connectivity index (χ4v) is 0.550. The van der Waals surface area contributed by atoms with Gasteiger partial charge < -0.3 is 11.5 Å². The van der Waals surface area contributed by atoms with Gasteiger partial charge >= 0.3 is 6.03 Å². The number of primary amides is 2. The van der Waals surface area contributed by atoms with E-state index in [0.717, 1.165) is 0 Å². The molecular weight excluding hydrogens is 174 g/mol. The van der Waals surface area contributed by atoms with Crippen molar-refractivity contribution in [3.8, 4) is 0 Å². The van der Waals surface area contributed by atoms with Gasteiger partial charge in [-0.25, -0.2) is 4.79 Å². The molecule has 2 amide bonds. The summed E-state index contributed by atoms with van der Waals surface area (Å²) in [5, 5.41) is 10.0. The molecule has 0 radical (unpaired) electrons. The predicted octanol–water partition coefficient (Wildman–Crippen LogP) is 0.619. The van der Waals surface area contributed by atoms with Crippen molar-refractivity contribution in [3.63, 3.8) is 0 Å². The summed E-state index contributed by atoms with van der Waals surface area (Å²) in [6.07, 6.45) is 0. The van der Waals surface area contributed by atoms with E-state index in [0.29, 0.717) is 0 Å². The number of carbonyl (C=O) groups is 1. The summed E-state index contributed by atoms with van der Waals surface area (Å²) in [5.41, 5.74) is 8.64. The van der Waals surface area contributed by atoms with Crippen LogP contribution in [-0.2, 0) is 0 Å². The van der Waals surface area contributed by atoms with Crippen LogP contribution in [0.25, 0.3) is 0 Å². The zero-order chi connectivity index (χ0) is 10.3. The Hall–Kier alpha value is -2.11. The molecule has 0 aliphatic rings. The van der Waals surface area contributed by atoms with Crippen LogP contribution in [-0.4, -0.2) is 11.0 Å². The van der Waals surface area contributed by atoms with E-state index < -0.39 is 11.0 Å². The van der Waals surface area contributed by atoms with Gasteiger partial charge in [0.25, 0.3) is 5.69 Å². The van der Waals surface area contributed by atoms with Crippen molar-refractivity contribution in [2.75, 3.05) is 0 Å². The highest BCUT2D eigenvalue weighted by molar-refractivity contribution is 5.69. The van der Waals surface area contributed by atoms with Crippen LogP contribution in [0.2, 0.25) is 0 Å². The molecule has 1 aromatic rings. The zero-order valence-corrected chi connectivity index (χ0v) is 6.71. The molecule has 13 heavy (non-hydrogen) atoms. The van der Waals surface area contributed by atoms with Crippen molar-refractivity contribution in [2.45, 2.75) is 0 Å². The van der Waals surface area contributed by atoms with Crippen LogP contribution in [0, 0.1) is 10.1 Å². The number of hydrogen-bond donors (Lipinski definition) is 2. The molecule has 1 rings (SSSR count). The van der Waals surface area contributed by atoms with Crippen LogP contribution in [0.15, 0.2) is 30.3 Å². The van der Waals surface area contributed by atoms with E-state index in [4.69, 9.17) is 4.79 Å². The predicted molar refractivity (Wildman–Crippen MR) is 46.9 cm³/mol. The lowest BCUT2D eigenvalue weighted by Crippen LogP contribution is -2.18. The van der Waals surface area contributed by atoms with Crippen LogP contribution in [0.4, 0.5) is 10.5 Å². The van der Waals surface area contributed by atoms with Gasteiger partial charge in [0.15, 0.2) is 0 Å². The second-order valence-electron chi connectivity index (χ2n) is 2.00. The van der Waals surface area contributed by atoms with Gasteiger partial charge in [0.2, 0.25) is 0 Å². The first kappa shape index (κ1) is 10.9. The molecule has 1 aromatic carbocycles. The highest BCUT2D eigenvalue weighted by Gasteiger charge is 1.98. The maximum atomic E-state index is 10.0. The van der Waals surface area contributed by atoms with Crippen molar-refractivity contribution in [1.82, 2.24) is 0 Å². The van der Waals surface area contributed by atoms with E-state index in [1.165, 1.54) is 12.1 Å². The topological polar surface area (TPSA) is 112 Å². The van der Waals surface area contributed by atoms with Gasteiger partial charge in [-0.1, -0.05) is 18.2 Å². The van der Waals surface area contributed by atoms with Crippen LogP contribution in [0.5, 0.6) is 0 Å². The summed E-state index contributed by atoms with van der Waals surface area (Å²) < 4.78 is 0. The van der Waals surface area contributed by atoms with Crippen molar-refractivity contribution < 1.29 is 9.72 Å². The SMILES string of the molecule is NC(N)=O.O=[N+]([O-])c1ccccc1. The third kappa shape index (κ3) is 6.29. The van der Waals surface area contributed by atoms with Crippen molar-refractivity contribution >= 4 is 11.7 Å². The zero-order valence-electron chi connectivity index (χ0n) is 6.71. The number of nitrogens with two attached hydrogens (primary N) is 2. The molecule has 0 aliphatic heterocycles. The second kappa shape index (κ2) is 5.53. The quantitative estimate of drug-likeness (QED) is 0.491. The lowest BCUT2D eigenvalue weighted by molar-refractivity contribution is -0.384. The van der Waals surface area contributed by atoms with Crippen LogP contribution in [0.1, 0.15) is 0 Å². The lowest BCUT2D eigenvalue weighted by atomic mass is 10.3. The number of amides is 2. The number of benzene rings is 1. The van der Waals surface area contributed by atoms with Gasteiger partial charge in [-0.3, -0.25) is 10.1 Å². The molecule has 0 unspecified atom stereocenters. The fraction of sp³-hybridized carbons (Fsp3) is 0. The Morgan fingerprint density at radius 1 is 1.23 bits per heavy atom. The number of nitro groups is 1. The normalized spacial score (nSPS) is 8.00. The molecule has 70 valence electrons. The molecule has 6 nitrogen and oxygen atoms in total. The summed E-state index contributed by atoms with van der Waals surface area (Å²) in [6, 6.07) is 7.10. The van der Waals surface area contributed by atoms with E-state index in [9.17, 15) is 10.1 Å². The Labute approximate surface area is 74.3 Å². The molecule has 6 heteroatoms. The maximum Gasteiger partial charge on any atom is 0.309 e. The van der Waals surface area contributed by atoms with Crippen LogP contribution < -0.4 is 11.5 Å². The van der Waals surface area contributed by atoms with E-state index >= 15 is 0 Å². The van der Waals surface area contributed by atoms with E-state index in [2.05, 4.69) is 11.5 Å². The standard InChI is InChI=1S/C6H5NO2.CH4N2O/c8-7(9)6-4-2-1-3-5-6;2-1(3)4/h1-5H;(H4,2,3,4). The number of nitrogens with zero attached hydrogens (tertiary/aromatic N) is 1. The van der Waals surface area contributed by atoms with Gasteiger partial charge in [0.05, 0.1) is 4.92 Å². The summed E-state index contributed by atoms with van der Waals surface area (Å²) in [6.45, 7) is 0. The lowest BCUT2D eigenvalue weighted by Gasteiger charge is -1.85. The monoisotopic (exact) mass is 183 g/mol. The average Bonchev–Trinajstić information content (AvgIpc) is 2.05. The molecule has 0 bridgehead atoms. The Kier molecular flexibility index (Phi) is 4.63. The first-order valence-electron chi connectivity index (χ1n) is 3.28. The molecule has 0 saturated heterocycles. The van der Waals surface area contributed by atoms with Gasteiger partial charge in [0, 0.05) is 12.1 Å². The number of urea groups is 1. The Bertz CT molecular complexity index is 282. The summed E-state index contributed by atoms with van der Waals surface area (Å²) in [7, 11) is 0. The minimum absolute atomic E-state index is 0.137.